The number of esters is 1. The predicted molar refractivity (Wildman–Crippen MR) is 128 cm³/mol. The minimum absolute atomic E-state index is 0.146. The van der Waals surface area contributed by atoms with Crippen LogP contribution in [0.4, 0.5) is 11.4 Å². The Bertz CT molecular complexity index is 1320. The maximum Gasteiger partial charge on any atom is 0.350 e. The fourth-order valence-electron chi connectivity index (χ4n) is 2.89. The summed E-state index contributed by atoms with van der Waals surface area (Å²) in [4.78, 5) is 46.9. The van der Waals surface area contributed by atoms with Gasteiger partial charge in [-0.15, -0.1) is 0 Å². The standard InChI is InChI=1S/C24H20N4O8/c1-34-17-11-12-19(21(13-17)35-2)26-22(29)23(30)27-25-14-15-7-9-16(10-8-15)36-24(31)18-5-3-4-6-20(18)28(32)33/h3-14H,1-2H3,(H,26,29)(H,27,30)/b25-14+. The molecule has 0 unspecified atom stereocenters. The number of benzene rings is 3. The largest absolute Gasteiger partial charge is 0.497 e. The number of rotatable bonds is 8. The van der Waals surface area contributed by atoms with E-state index in [1.165, 1.54) is 75.0 Å². The first-order chi connectivity index (χ1) is 17.3. The lowest BCUT2D eigenvalue weighted by molar-refractivity contribution is -0.385. The van der Waals surface area contributed by atoms with Crippen LogP contribution in [0.1, 0.15) is 15.9 Å². The first-order valence-corrected chi connectivity index (χ1v) is 10.2. The third-order valence-electron chi connectivity index (χ3n) is 4.65. The molecule has 0 atom stereocenters. The summed E-state index contributed by atoms with van der Waals surface area (Å²) in [6.07, 6.45) is 1.27. The van der Waals surface area contributed by atoms with Gasteiger partial charge in [-0.05, 0) is 48.0 Å². The molecule has 12 nitrogen and oxygen atoms in total. The Kier molecular flexibility index (Phi) is 8.27. The van der Waals surface area contributed by atoms with Crippen molar-refractivity contribution in [2.45, 2.75) is 0 Å². The Balaban J connectivity index is 1.56. The van der Waals surface area contributed by atoms with Gasteiger partial charge in [0.15, 0.2) is 0 Å². The number of carbonyl (C=O) groups excluding carboxylic acids is 3. The summed E-state index contributed by atoms with van der Waals surface area (Å²) in [6, 6.07) is 16.0. The molecule has 0 aromatic heterocycles. The van der Waals surface area contributed by atoms with Crippen molar-refractivity contribution in [3.63, 3.8) is 0 Å². The Hall–Kier alpha value is -5.26. The van der Waals surface area contributed by atoms with Gasteiger partial charge in [-0.3, -0.25) is 19.7 Å². The van der Waals surface area contributed by atoms with E-state index in [0.29, 0.717) is 17.1 Å². The second kappa shape index (κ2) is 11.7. The maximum atomic E-state index is 12.3. The number of nitrogens with zero attached hydrogens (tertiary/aromatic N) is 2. The zero-order valence-corrected chi connectivity index (χ0v) is 19.1. The van der Waals surface area contributed by atoms with Crippen molar-refractivity contribution in [3.05, 3.63) is 88.0 Å². The Labute approximate surface area is 204 Å². The van der Waals surface area contributed by atoms with Gasteiger partial charge in [0.05, 0.1) is 31.0 Å². The lowest BCUT2D eigenvalue weighted by atomic mass is 10.2. The van der Waals surface area contributed by atoms with E-state index in [0.717, 1.165) is 0 Å². The van der Waals surface area contributed by atoms with Gasteiger partial charge >= 0.3 is 17.8 Å². The van der Waals surface area contributed by atoms with E-state index in [1.54, 1.807) is 12.1 Å². The van der Waals surface area contributed by atoms with Crippen LogP contribution in [0.2, 0.25) is 0 Å². The molecule has 184 valence electrons. The molecule has 3 aromatic rings. The number of nitrogens with one attached hydrogen (secondary N) is 2. The zero-order chi connectivity index (χ0) is 26.1. The summed E-state index contributed by atoms with van der Waals surface area (Å²) < 4.78 is 15.4. The fraction of sp³-hybridized carbons (Fsp3) is 0.0833. The topological polar surface area (TPSA) is 158 Å². The average molecular weight is 492 g/mol. The third kappa shape index (κ3) is 6.41. The molecule has 3 rings (SSSR count). The average Bonchev–Trinajstić information content (AvgIpc) is 2.89. The highest BCUT2D eigenvalue weighted by atomic mass is 16.6. The molecule has 0 saturated carbocycles. The molecule has 3 aromatic carbocycles. The number of anilines is 1. The van der Waals surface area contributed by atoms with Crippen molar-refractivity contribution >= 4 is 35.4 Å². The zero-order valence-electron chi connectivity index (χ0n) is 19.1. The number of methoxy groups -OCH3 is 2. The number of nitro groups is 1. The molecule has 12 heteroatoms. The molecule has 2 amide bonds. The smallest absolute Gasteiger partial charge is 0.350 e. The van der Waals surface area contributed by atoms with Crippen molar-refractivity contribution < 1.29 is 33.5 Å². The minimum Gasteiger partial charge on any atom is -0.497 e. The second-order valence-corrected chi connectivity index (χ2v) is 6.95. The Morgan fingerprint density at radius 1 is 0.917 bits per heavy atom. The molecule has 0 aliphatic rings. The first-order valence-electron chi connectivity index (χ1n) is 10.2. The van der Waals surface area contributed by atoms with Crippen LogP contribution >= 0.6 is 0 Å². The van der Waals surface area contributed by atoms with Gasteiger partial charge in [0.25, 0.3) is 5.69 Å². The monoisotopic (exact) mass is 492 g/mol. The molecule has 0 spiro atoms. The summed E-state index contributed by atoms with van der Waals surface area (Å²) in [6.45, 7) is 0. The lowest BCUT2D eigenvalue weighted by Crippen LogP contribution is -2.32. The van der Waals surface area contributed by atoms with Crippen LogP contribution in [-0.4, -0.2) is 43.1 Å². The van der Waals surface area contributed by atoms with E-state index >= 15 is 0 Å². The van der Waals surface area contributed by atoms with Crippen molar-refractivity contribution in [1.82, 2.24) is 5.43 Å². The molecule has 0 saturated heterocycles. The number of amides is 2. The highest BCUT2D eigenvalue weighted by Gasteiger charge is 2.21. The van der Waals surface area contributed by atoms with E-state index in [2.05, 4.69) is 15.8 Å². The van der Waals surface area contributed by atoms with Gasteiger partial charge in [0, 0.05) is 12.1 Å². The Morgan fingerprint density at radius 2 is 1.61 bits per heavy atom. The molecular formula is C24H20N4O8. The van der Waals surface area contributed by atoms with Crippen LogP contribution in [0.25, 0.3) is 0 Å². The van der Waals surface area contributed by atoms with Crippen molar-refractivity contribution in [2.75, 3.05) is 19.5 Å². The van der Waals surface area contributed by atoms with Gasteiger partial charge in [-0.1, -0.05) is 12.1 Å². The van der Waals surface area contributed by atoms with Crippen LogP contribution in [0.15, 0.2) is 71.8 Å². The number of nitro benzene ring substituents is 1. The van der Waals surface area contributed by atoms with E-state index in [-0.39, 0.29) is 22.7 Å². The van der Waals surface area contributed by atoms with Crippen molar-refractivity contribution in [2.24, 2.45) is 5.10 Å². The van der Waals surface area contributed by atoms with Crippen LogP contribution in [0.5, 0.6) is 17.2 Å². The van der Waals surface area contributed by atoms with Gasteiger partial charge in [-0.25, -0.2) is 10.2 Å². The number of hydrogen-bond donors (Lipinski definition) is 2. The SMILES string of the molecule is COc1ccc(NC(=O)C(=O)N/N=C/c2ccc(OC(=O)c3ccccc3[N+](=O)[O-])cc2)c(OC)c1. The molecule has 0 radical (unpaired) electrons. The van der Waals surface area contributed by atoms with Crippen molar-refractivity contribution in [1.29, 1.82) is 0 Å². The highest BCUT2D eigenvalue weighted by molar-refractivity contribution is 6.39. The van der Waals surface area contributed by atoms with E-state index in [9.17, 15) is 24.5 Å². The first kappa shape index (κ1) is 25.4. The molecular weight excluding hydrogens is 472 g/mol. The van der Waals surface area contributed by atoms with Crippen LogP contribution in [-0.2, 0) is 9.59 Å². The van der Waals surface area contributed by atoms with Gasteiger partial charge in [0.2, 0.25) is 0 Å². The van der Waals surface area contributed by atoms with Gasteiger partial charge in [0.1, 0.15) is 22.8 Å². The molecule has 0 aliphatic heterocycles. The number of ether oxygens (including phenoxy) is 3. The van der Waals surface area contributed by atoms with Gasteiger partial charge in [-0.2, -0.15) is 5.10 Å². The van der Waals surface area contributed by atoms with E-state index < -0.39 is 22.7 Å². The summed E-state index contributed by atoms with van der Waals surface area (Å²) in [7, 11) is 2.89. The number of carbonyl (C=O) groups is 3. The van der Waals surface area contributed by atoms with Crippen LogP contribution < -0.4 is 25.0 Å². The molecule has 0 bridgehead atoms. The molecule has 0 aliphatic carbocycles. The minimum atomic E-state index is -1.01. The summed E-state index contributed by atoms with van der Waals surface area (Å²) in [5.74, 6) is -1.89. The summed E-state index contributed by atoms with van der Waals surface area (Å²) in [5, 5.41) is 17.2. The third-order valence-corrected chi connectivity index (χ3v) is 4.65. The summed E-state index contributed by atoms with van der Waals surface area (Å²) in [5.41, 5.74) is 2.34. The number of hydrazone groups is 1. The second-order valence-electron chi connectivity index (χ2n) is 6.95. The van der Waals surface area contributed by atoms with Crippen LogP contribution in [0.3, 0.4) is 0 Å². The number of hydrogen-bond acceptors (Lipinski definition) is 9. The molecule has 0 fully saturated rings. The predicted octanol–water partition coefficient (Wildman–Crippen LogP) is 2.92. The highest BCUT2D eigenvalue weighted by Crippen LogP contribution is 2.29. The van der Waals surface area contributed by atoms with Crippen LogP contribution in [0, 0.1) is 10.1 Å². The molecule has 36 heavy (non-hydrogen) atoms. The normalized spacial score (nSPS) is 10.4. The molecule has 0 heterocycles. The van der Waals surface area contributed by atoms with Gasteiger partial charge < -0.3 is 19.5 Å². The molecule has 2 N–H and O–H groups in total. The van der Waals surface area contributed by atoms with E-state index in [4.69, 9.17) is 14.2 Å². The maximum absolute atomic E-state index is 12.3. The quantitative estimate of drug-likeness (QED) is 0.121. The fourth-order valence-corrected chi connectivity index (χ4v) is 2.89. The van der Waals surface area contributed by atoms with Crippen molar-refractivity contribution in [3.8, 4) is 17.2 Å². The summed E-state index contributed by atoms with van der Waals surface area (Å²) >= 11 is 0. The number of para-hydroxylation sites is 1. The van der Waals surface area contributed by atoms with E-state index in [1.807, 2.05) is 0 Å². The lowest BCUT2D eigenvalue weighted by Gasteiger charge is -2.10. The Morgan fingerprint density at radius 3 is 2.28 bits per heavy atom.